The van der Waals surface area contributed by atoms with Crippen LogP contribution in [0.15, 0.2) is 16.9 Å². The van der Waals surface area contributed by atoms with Gasteiger partial charge >= 0.3 is 6.18 Å². The maximum atomic E-state index is 13.2. The molecule has 1 fully saturated rings. The largest absolute Gasteiger partial charge is 0.416 e. The third-order valence-electron chi connectivity index (χ3n) is 3.69. The first-order chi connectivity index (χ1) is 9.77. The lowest BCUT2D eigenvalue weighted by atomic mass is 9.96. The molecule has 1 aromatic heterocycles. The normalized spacial score (nSPS) is 17.2. The molecular weight excluding hydrogens is 285 g/mol. The van der Waals surface area contributed by atoms with Crippen LogP contribution < -0.4 is 5.56 Å². The van der Waals surface area contributed by atoms with Crippen LogP contribution in [0.5, 0.6) is 0 Å². The number of aliphatic hydroxyl groups is 1. The van der Waals surface area contributed by atoms with Gasteiger partial charge in [0.15, 0.2) is 0 Å². The van der Waals surface area contributed by atoms with Gasteiger partial charge in [-0.2, -0.15) is 13.2 Å². The van der Waals surface area contributed by atoms with E-state index in [-0.39, 0.29) is 28.2 Å². The van der Waals surface area contributed by atoms with Gasteiger partial charge in [-0.05, 0) is 43.4 Å². The van der Waals surface area contributed by atoms with Crippen LogP contribution in [-0.4, -0.2) is 15.1 Å². The number of aromatic amines is 1. The molecule has 1 atom stereocenters. The number of hydrogen-bond acceptors (Lipinski definition) is 3. The van der Waals surface area contributed by atoms with E-state index < -0.39 is 23.4 Å². The number of alkyl halides is 3. The van der Waals surface area contributed by atoms with Gasteiger partial charge in [-0.1, -0.05) is 0 Å². The van der Waals surface area contributed by atoms with Crippen molar-refractivity contribution in [2.24, 2.45) is 5.92 Å². The van der Waals surface area contributed by atoms with Gasteiger partial charge in [0.05, 0.1) is 22.6 Å². The van der Waals surface area contributed by atoms with Gasteiger partial charge in [-0.3, -0.25) is 4.79 Å². The van der Waals surface area contributed by atoms with Crippen molar-refractivity contribution in [1.82, 2.24) is 9.97 Å². The molecule has 2 aromatic rings. The van der Waals surface area contributed by atoms with E-state index in [1.54, 1.807) is 0 Å². The molecule has 1 unspecified atom stereocenters. The van der Waals surface area contributed by atoms with Crippen LogP contribution in [0.25, 0.3) is 10.9 Å². The molecule has 112 valence electrons. The fourth-order valence-electron chi connectivity index (χ4n) is 2.48. The van der Waals surface area contributed by atoms with E-state index in [2.05, 4.69) is 9.97 Å². The zero-order valence-electron chi connectivity index (χ0n) is 11.2. The predicted octanol–water partition coefficient (Wildman–Crippen LogP) is 2.69. The highest BCUT2D eigenvalue weighted by Crippen LogP contribution is 2.45. The van der Waals surface area contributed by atoms with E-state index in [0.29, 0.717) is 12.8 Å². The minimum atomic E-state index is -4.60. The molecule has 2 N–H and O–H groups in total. The van der Waals surface area contributed by atoms with Crippen molar-refractivity contribution in [2.75, 3.05) is 0 Å². The fraction of sp³-hybridized carbons (Fsp3) is 0.429. The zero-order valence-corrected chi connectivity index (χ0v) is 11.2. The highest BCUT2D eigenvalue weighted by molar-refractivity contribution is 5.79. The number of rotatable bonds is 2. The average molecular weight is 298 g/mol. The van der Waals surface area contributed by atoms with Crippen LogP contribution in [-0.2, 0) is 6.18 Å². The summed E-state index contributed by atoms with van der Waals surface area (Å²) in [5, 5.41) is 10.1. The van der Waals surface area contributed by atoms with Crippen molar-refractivity contribution >= 4 is 10.9 Å². The predicted molar refractivity (Wildman–Crippen MR) is 69.8 cm³/mol. The van der Waals surface area contributed by atoms with Crippen molar-refractivity contribution in [1.29, 1.82) is 0 Å². The molecule has 0 radical (unpaired) electrons. The van der Waals surface area contributed by atoms with Crippen molar-refractivity contribution in [2.45, 2.75) is 32.0 Å². The Balaban J connectivity index is 2.30. The molecule has 1 aliphatic carbocycles. The van der Waals surface area contributed by atoms with E-state index >= 15 is 0 Å². The van der Waals surface area contributed by atoms with Gasteiger partial charge in [-0.15, -0.1) is 0 Å². The third-order valence-corrected chi connectivity index (χ3v) is 3.69. The van der Waals surface area contributed by atoms with Crippen LogP contribution in [0.4, 0.5) is 13.2 Å². The number of halogens is 3. The lowest BCUT2D eigenvalue weighted by Crippen LogP contribution is -2.16. The standard InChI is InChI=1S/C14H13F3N2O2/c1-6-18-11-5-10(14(15,16)17)8(12(20)7-2-3-7)4-9(11)13(21)19-6/h4-5,7,12,20H,2-3H2,1H3,(H,18,19,21). The Bertz CT molecular complexity index is 763. The topological polar surface area (TPSA) is 66.0 Å². The number of hydrogen-bond donors (Lipinski definition) is 2. The molecule has 21 heavy (non-hydrogen) atoms. The summed E-state index contributed by atoms with van der Waals surface area (Å²) in [6.07, 6.45) is -4.41. The highest BCUT2D eigenvalue weighted by Gasteiger charge is 2.40. The molecule has 3 rings (SSSR count). The maximum absolute atomic E-state index is 13.2. The van der Waals surface area contributed by atoms with Gasteiger partial charge < -0.3 is 10.1 Å². The number of H-pyrrole nitrogens is 1. The van der Waals surface area contributed by atoms with E-state index in [0.717, 1.165) is 12.1 Å². The first kappa shape index (κ1) is 14.1. The first-order valence-corrected chi connectivity index (χ1v) is 6.57. The van der Waals surface area contributed by atoms with E-state index in [9.17, 15) is 23.1 Å². The number of aryl methyl sites for hydroxylation is 1. The van der Waals surface area contributed by atoms with Crippen molar-refractivity contribution in [3.63, 3.8) is 0 Å². The highest BCUT2D eigenvalue weighted by atomic mass is 19.4. The molecule has 0 aliphatic heterocycles. The van der Waals surface area contributed by atoms with Crippen LogP contribution in [0.2, 0.25) is 0 Å². The number of aliphatic hydroxyl groups excluding tert-OH is 1. The zero-order chi connectivity index (χ0) is 15.4. The smallest absolute Gasteiger partial charge is 0.388 e. The summed E-state index contributed by atoms with van der Waals surface area (Å²) < 4.78 is 39.6. The summed E-state index contributed by atoms with van der Waals surface area (Å²) in [4.78, 5) is 18.2. The second-order valence-electron chi connectivity index (χ2n) is 5.39. The Morgan fingerprint density at radius 3 is 2.62 bits per heavy atom. The number of aromatic nitrogens is 2. The second-order valence-corrected chi connectivity index (χ2v) is 5.39. The fourth-order valence-corrected chi connectivity index (χ4v) is 2.48. The van der Waals surface area contributed by atoms with Crippen LogP contribution in [0.3, 0.4) is 0 Å². The number of fused-ring (bicyclic) bond motifs is 1. The first-order valence-electron chi connectivity index (χ1n) is 6.57. The molecule has 1 heterocycles. The Labute approximate surface area is 117 Å². The molecule has 0 spiro atoms. The van der Waals surface area contributed by atoms with Crippen molar-refractivity contribution in [3.8, 4) is 0 Å². The molecular formula is C14H13F3N2O2. The molecule has 4 nitrogen and oxygen atoms in total. The van der Waals surface area contributed by atoms with Gasteiger partial charge in [0.25, 0.3) is 5.56 Å². The van der Waals surface area contributed by atoms with Crippen LogP contribution >= 0.6 is 0 Å². The SMILES string of the molecule is Cc1nc2cc(C(F)(F)F)c(C(O)C3CC3)cc2c(=O)[nH]1. The molecule has 0 saturated heterocycles. The van der Waals surface area contributed by atoms with E-state index in [1.165, 1.54) is 6.92 Å². The summed E-state index contributed by atoms with van der Waals surface area (Å²) in [6, 6.07) is 1.96. The number of nitrogens with zero attached hydrogens (tertiary/aromatic N) is 1. The van der Waals surface area contributed by atoms with Crippen LogP contribution in [0.1, 0.15) is 35.9 Å². The molecule has 1 aliphatic rings. The monoisotopic (exact) mass is 298 g/mol. The maximum Gasteiger partial charge on any atom is 0.416 e. The Morgan fingerprint density at radius 2 is 2.05 bits per heavy atom. The molecule has 0 bridgehead atoms. The summed E-state index contributed by atoms with van der Waals surface area (Å²) in [5.41, 5.74) is -1.69. The van der Waals surface area contributed by atoms with E-state index in [1.807, 2.05) is 0 Å². The second kappa shape index (κ2) is 4.56. The van der Waals surface area contributed by atoms with Gasteiger partial charge in [0, 0.05) is 0 Å². The number of benzene rings is 1. The molecule has 0 amide bonds. The summed E-state index contributed by atoms with van der Waals surface area (Å²) in [7, 11) is 0. The summed E-state index contributed by atoms with van der Waals surface area (Å²) in [5.74, 6) is 0.0807. The third kappa shape index (κ3) is 2.53. The van der Waals surface area contributed by atoms with Gasteiger partial charge in [-0.25, -0.2) is 4.98 Å². The molecule has 1 aromatic carbocycles. The molecule has 1 saturated carbocycles. The lowest BCUT2D eigenvalue weighted by Gasteiger charge is -2.18. The summed E-state index contributed by atoms with van der Waals surface area (Å²) in [6.45, 7) is 1.50. The van der Waals surface area contributed by atoms with E-state index in [4.69, 9.17) is 0 Å². The Morgan fingerprint density at radius 1 is 1.38 bits per heavy atom. The number of nitrogens with one attached hydrogen (secondary N) is 1. The quantitative estimate of drug-likeness (QED) is 0.896. The Hall–Kier alpha value is -1.89. The Kier molecular flexibility index (Phi) is 3.05. The minimum Gasteiger partial charge on any atom is -0.388 e. The van der Waals surface area contributed by atoms with Gasteiger partial charge in [0.1, 0.15) is 5.82 Å². The van der Waals surface area contributed by atoms with Gasteiger partial charge in [0.2, 0.25) is 0 Å². The van der Waals surface area contributed by atoms with Crippen molar-refractivity contribution in [3.05, 3.63) is 39.4 Å². The summed E-state index contributed by atoms with van der Waals surface area (Å²) >= 11 is 0. The van der Waals surface area contributed by atoms with Crippen LogP contribution in [0, 0.1) is 12.8 Å². The minimum absolute atomic E-state index is 0.0182. The average Bonchev–Trinajstić information content (AvgIpc) is 3.19. The van der Waals surface area contributed by atoms with Crippen molar-refractivity contribution < 1.29 is 18.3 Å². The lowest BCUT2D eigenvalue weighted by molar-refractivity contribution is -0.139. The molecule has 7 heteroatoms.